The number of thiazole rings is 1. The summed E-state index contributed by atoms with van der Waals surface area (Å²) in [5.41, 5.74) is 1.73. The average Bonchev–Trinajstić information content (AvgIpc) is 3.10. The summed E-state index contributed by atoms with van der Waals surface area (Å²) in [6.07, 6.45) is -4.71. The fourth-order valence-electron chi connectivity index (χ4n) is 2.74. The lowest BCUT2D eigenvalue weighted by molar-refractivity contribution is -0.141. The highest BCUT2D eigenvalue weighted by Gasteiger charge is 2.39. The van der Waals surface area contributed by atoms with Crippen molar-refractivity contribution in [3.63, 3.8) is 0 Å². The molecule has 0 aliphatic heterocycles. The van der Waals surface area contributed by atoms with Gasteiger partial charge >= 0.3 is 6.18 Å². The van der Waals surface area contributed by atoms with Gasteiger partial charge in [-0.2, -0.15) is 13.2 Å². The number of nitrogens with one attached hydrogen (secondary N) is 1. The van der Waals surface area contributed by atoms with Crippen LogP contribution in [0.25, 0.3) is 11.1 Å². The van der Waals surface area contributed by atoms with E-state index >= 15 is 0 Å². The molecule has 0 aliphatic rings. The molecule has 0 fully saturated rings. The van der Waals surface area contributed by atoms with Crippen molar-refractivity contribution in [1.82, 2.24) is 4.98 Å². The number of amides is 1. The normalized spacial score (nSPS) is 12.1. The van der Waals surface area contributed by atoms with Crippen LogP contribution in [0.1, 0.15) is 32.9 Å². The molecule has 0 unspecified atom stereocenters. The number of para-hydroxylation sites is 1. The van der Waals surface area contributed by atoms with Gasteiger partial charge in [-0.1, -0.05) is 47.6 Å². The molecule has 1 amide bonds. The molecule has 0 aliphatic carbocycles. The SMILES string of the molecule is C/C(=N/O)c1ccc(-c2ccccc2NC(=O)c2sc(C)nc2C(F)(F)F)cc1. The fourth-order valence-corrected chi connectivity index (χ4v) is 3.58. The second-order valence-electron chi connectivity index (χ2n) is 6.17. The van der Waals surface area contributed by atoms with Crippen LogP contribution in [0, 0.1) is 6.92 Å². The van der Waals surface area contributed by atoms with Crippen molar-refractivity contribution in [1.29, 1.82) is 0 Å². The molecule has 1 heterocycles. The zero-order chi connectivity index (χ0) is 21.2. The predicted octanol–water partition coefficient (Wildman–Crippen LogP) is 5.59. The van der Waals surface area contributed by atoms with Gasteiger partial charge in [-0.15, -0.1) is 11.3 Å². The third-order valence-electron chi connectivity index (χ3n) is 4.15. The number of aromatic nitrogens is 1. The van der Waals surface area contributed by atoms with Crippen LogP contribution in [-0.2, 0) is 6.18 Å². The Hall–Kier alpha value is -3.20. The van der Waals surface area contributed by atoms with Crippen molar-refractivity contribution < 1.29 is 23.2 Å². The number of halogens is 3. The van der Waals surface area contributed by atoms with Crippen molar-refractivity contribution in [3.05, 3.63) is 69.7 Å². The number of anilines is 1. The number of aryl methyl sites for hydroxylation is 1. The van der Waals surface area contributed by atoms with Crippen LogP contribution in [0.4, 0.5) is 18.9 Å². The van der Waals surface area contributed by atoms with Gasteiger partial charge in [0.25, 0.3) is 5.91 Å². The molecular formula is C20H16F3N3O2S. The fraction of sp³-hybridized carbons (Fsp3) is 0.150. The largest absolute Gasteiger partial charge is 0.435 e. The maximum atomic E-state index is 13.2. The highest BCUT2D eigenvalue weighted by molar-refractivity contribution is 7.13. The molecule has 0 spiro atoms. The minimum Gasteiger partial charge on any atom is -0.411 e. The Morgan fingerprint density at radius 3 is 2.41 bits per heavy atom. The average molecular weight is 419 g/mol. The van der Waals surface area contributed by atoms with E-state index in [0.717, 1.165) is 5.56 Å². The van der Waals surface area contributed by atoms with E-state index in [2.05, 4.69) is 15.5 Å². The lowest BCUT2D eigenvalue weighted by Crippen LogP contribution is -2.17. The molecule has 0 saturated carbocycles. The van der Waals surface area contributed by atoms with Gasteiger partial charge in [0.05, 0.1) is 10.7 Å². The predicted molar refractivity (Wildman–Crippen MR) is 106 cm³/mol. The van der Waals surface area contributed by atoms with Gasteiger partial charge in [-0.3, -0.25) is 4.79 Å². The number of benzene rings is 2. The number of rotatable bonds is 4. The Labute approximate surface area is 168 Å². The summed E-state index contributed by atoms with van der Waals surface area (Å²) < 4.78 is 39.5. The molecule has 3 rings (SSSR count). The minimum absolute atomic E-state index is 0.160. The van der Waals surface area contributed by atoms with Crippen molar-refractivity contribution >= 4 is 28.6 Å². The van der Waals surface area contributed by atoms with Crippen LogP contribution in [0.3, 0.4) is 0 Å². The highest BCUT2D eigenvalue weighted by atomic mass is 32.1. The smallest absolute Gasteiger partial charge is 0.411 e. The van der Waals surface area contributed by atoms with Gasteiger partial charge in [0, 0.05) is 11.3 Å². The third kappa shape index (κ3) is 4.45. The van der Waals surface area contributed by atoms with E-state index in [1.165, 1.54) is 6.92 Å². The Morgan fingerprint density at radius 1 is 1.14 bits per heavy atom. The minimum atomic E-state index is -4.71. The van der Waals surface area contributed by atoms with Crippen LogP contribution in [0.2, 0.25) is 0 Å². The molecule has 29 heavy (non-hydrogen) atoms. The molecule has 3 aromatic rings. The molecule has 0 atom stereocenters. The van der Waals surface area contributed by atoms with Crippen molar-refractivity contribution in [2.75, 3.05) is 5.32 Å². The van der Waals surface area contributed by atoms with E-state index < -0.39 is 22.7 Å². The van der Waals surface area contributed by atoms with E-state index in [-0.39, 0.29) is 5.01 Å². The lowest BCUT2D eigenvalue weighted by atomic mass is 10.0. The molecule has 0 bridgehead atoms. The van der Waals surface area contributed by atoms with E-state index in [4.69, 9.17) is 5.21 Å². The van der Waals surface area contributed by atoms with Crippen LogP contribution in [0.5, 0.6) is 0 Å². The summed E-state index contributed by atoms with van der Waals surface area (Å²) in [6, 6.07) is 13.8. The van der Waals surface area contributed by atoms with Crippen LogP contribution >= 0.6 is 11.3 Å². The summed E-state index contributed by atoms with van der Waals surface area (Å²) in [5, 5.41) is 14.7. The Bertz CT molecular complexity index is 1070. The monoisotopic (exact) mass is 419 g/mol. The van der Waals surface area contributed by atoms with Crippen LogP contribution in [0.15, 0.2) is 53.7 Å². The number of hydrogen-bond donors (Lipinski definition) is 2. The Kier molecular flexibility index (Phi) is 5.69. The first kappa shape index (κ1) is 20.5. The molecule has 2 aromatic carbocycles. The zero-order valence-electron chi connectivity index (χ0n) is 15.4. The lowest BCUT2D eigenvalue weighted by Gasteiger charge is -2.12. The number of hydrogen-bond acceptors (Lipinski definition) is 5. The van der Waals surface area contributed by atoms with Gasteiger partial charge in [-0.25, -0.2) is 4.98 Å². The number of oxime groups is 1. The summed E-state index contributed by atoms with van der Waals surface area (Å²) in [4.78, 5) is 15.6. The summed E-state index contributed by atoms with van der Waals surface area (Å²) in [5.74, 6) is -0.866. The Balaban J connectivity index is 1.94. The van der Waals surface area contributed by atoms with E-state index in [1.807, 2.05) is 0 Å². The first-order chi connectivity index (χ1) is 13.7. The second-order valence-corrected chi connectivity index (χ2v) is 7.37. The van der Waals surface area contributed by atoms with E-state index in [9.17, 15) is 18.0 Å². The molecule has 9 heteroatoms. The van der Waals surface area contributed by atoms with Gasteiger partial charge in [0.2, 0.25) is 0 Å². The van der Waals surface area contributed by atoms with Crippen molar-refractivity contribution in [2.45, 2.75) is 20.0 Å². The quantitative estimate of drug-likeness (QED) is 0.329. The summed E-state index contributed by atoms with van der Waals surface area (Å²) in [7, 11) is 0. The number of nitrogens with zero attached hydrogens (tertiary/aromatic N) is 2. The van der Waals surface area contributed by atoms with Gasteiger partial charge < -0.3 is 10.5 Å². The molecule has 0 saturated heterocycles. The maximum Gasteiger partial charge on any atom is 0.435 e. The topological polar surface area (TPSA) is 74.6 Å². The number of carbonyl (C=O) groups is 1. The third-order valence-corrected chi connectivity index (χ3v) is 5.12. The molecule has 0 radical (unpaired) electrons. The van der Waals surface area contributed by atoms with Gasteiger partial charge in [-0.05, 0) is 31.0 Å². The Morgan fingerprint density at radius 2 is 1.79 bits per heavy atom. The first-order valence-corrected chi connectivity index (χ1v) is 9.27. The van der Waals surface area contributed by atoms with Gasteiger partial charge in [0.15, 0.2) is 5.69 Å². The summed E-state index contributed by atoms with van der Waals surface area (Å²) in [6.45, 7) is 3.07. The van der Waals surface area contributed by atoms with Crippen LogP contribution < -0.4 is 5.32 Å². The highest BCUT2D eigenvalue weighted by Crippen LogP contribution is 2.35. The molecule has 5 nitrogen and oxygen atoms in total. The molecule has 1 aromatic heterocycles. The number of alkyl halides is 3. The van der Waals surface area contributed by atoms with Crippen molar-refractivity contribution in [2.24, 2.45) is 5.16 Å². The zero-order valence-corrected chi connectivity index (χ0v) is 16.2. The molecule has 150 valence electrons. The second kappa shape index (κ2) is 8.04. The molecule has 2 N–H and O–H groups in total. The van der Waals surface area contributed by atoms with E-state index in [0.29, 0.717) is 33.9 Å². The van der Waals surface area contributed by atoms with Gasteiger partial charge in [0.1, 0.15) is 4.88 Å². The maximum absolute atomic E-state index is 13.2. The molecular weight excluding hydrogens is 403 g/mol. The number of carbonyl (C=O) groups excluding carboxylic acids is 1. The standard InChI is InChI=1S/C20H16F3N3O2S/c1-11(26-28)13-7-9-14(10-8-13)15-5-3-4-6-16(15)25-19(27)17-18(20(21,22)23)24-12(2)29-17/h3-10,28H,1-2H3,(H,25,27)/b26-11-. The van der Waals surface area contributed by atoms with E-state index in [1.54, 1.807) is 55.5 Å². The van der Waals surface area contributed by atoms with Crippen LogP contribution in [-0.4, -0.2) is 21.8 Å². The van der Waals surface area contributed by atoms with Crippen molar-refractivity contribution in [3.8, 4) is 11.1 Å². The first-order valence-electron chi connectivity index (χ1n) is 8.45. The summed E-state index contributed by atoms with van der Waals surface area (Å²) >= 11 is 0.698.